The van der Waals surface area contributed by atoms with Gasteiger partial charge in [0.1, 0.15) is 11.7 Å². The van der Waals surface area contributed by atoms with Crippen LogP contribution >= 0.6 is 0 Å². The molecule has 0 bridgehead atoms. The first-order chi connectivity index (χ1) is 10.1. The molecule has 2 atom stereocenters. The highest BCUT2D eigenvalue weighted by Gasteiger charge is 2.31. The molecule has 1 amide bonds. The lowest BCUT2D eigenvalue weighted by Crippen LogP contribution is -2.46. The molecule has 6 heteroatoms. The fraction of sp³-hybridized carbons (Fsp3) is 0.500. The van der Waals surface area contributed by atoms with Crippen molar-refractivity contribution in [1.29, 1.82) is 0 Å². The predicted molar refractivity (Wildman–Crippen MR) is 81.6 cm³/mol. The lowest BCUT2D eigenvalue weighted by atomic mass is 10.0. The Hall–Kier alpha value is -2.08. The van der Waals surface area contributed by atoms with Crippen LogP contribution in [0.4, 0.5) is 4.79 Å². The van der Waals surface area contributed by atoms with Gasteiger partial charge in [-0.05, 0) is 38.3 Å². The van der Waals surface area contributed by atoms with Gasteiger partial charge in [-0.2, -0.15) is 0 Å². The summed E-state index contributed by atoms with van der Waals surface area (Å²) in [5.41, 5.74) is 0.740. The molecule has 122 valence electrons. The number of rotatable bonds is 5. The summed E-state index contributed by atoms with van der Waals surface area (Å²) in [5.74, 6) is -1.34. The Labute approximate surface area is 130 Å². The first kappa shape index (κ1) is 18.0. The van der Waals surface area contributed by atoms with Gasteiger partial charge in [-0.15, -0.1) is 0 Å². The van der Waals surface area contributed by atoms with E-state index in [2.05, 4.69) is 5.32 Å². The van der Waals surface area contributed by atoms with E-state index in [-0.39, 0.29) is 0 Å². The zero-order valence-corrected chi connectivity index (χ0v) is 13.3. The van der Waals surface area contributed by atoms with Gasteiger partial charge < -0.3 is 20.3 Å². The van der Waals surface area contributed by atoms with Gasteiger partial charge in [-0.3, -0.25) is 0 Å². The fourth-order valence-corrected chi connectivity index (χ4v) is 1.85. The number of aliphatic hydroxyl groups is 1. The maximum absolute atomic E-state index is 11.7. The SMILES string of the molecule is CCc1ccc([C@H](O)[C@@H](NC(=O)OC(C)(C)C)C(=O)O)cc1. The number of ether oxygens (including phenoxy) is 1. The van der Waals surface area contributed by atoms with Crippen molar-refractivity contribution >= 4 is 12.1 Å². The van der Waals surface area contributed by atoms with E-state index >= 15 is 0 Å². The Morgan fingerprint density at radius 3 is 2.18 bits per heavy atom. The van der Waals surface area contributed by atoms with Gasteiger partial charge in [0, 0.05) is 0 Å². The van der Waals surface area contributed by atoms with Crippen LogP contribution in [0.2, 0.25) is 0 Å². The third kappa shape index (κ3) is 5.37. The van der Waals surface area contributed by atoms with E-state index in [0.717, 1.165) is 12.0 Å². The summed E-state index contributed by atoms with van der Waals surface area (Å²) in [7, 11) is 0. The number of benzene rings is 1. The van der Waals surface area contributed by atoms with Crippen LogP contribution in [0.15, 0.2) is 24.3 Å². The average Bonchev–Trinajstić information content (AvgIpc) is 2.42. The number of carboxylic acid groups (broad SMARTS) is 1. The van der Waals surface area contributed by atoms with Crippen molar-refractivity contribution < 1.29 is 24.5 Å². The summed E-state index contributed by atoms with van der Waals surface area (Å²) in [6.45, 7) is 7.00. The first-order valence-electron chi connectivity index (χ1n) is 7.13. The molecule has 0 aromatic heterocycles. The molecule has 1 rings (SSSR count). The van der Waals surface area contributed by atoms with E-state index in [1.165, 1.54) is 0 Å². The van der Waals surface area contributed by atoms with Crippen molar-refractivity contribution in [3.8, 4) is 0 Å². The molecule has 0 aliphatic rings. The molecule has 6 nitrogen and oxygen atoms in total. The van der Waals surface area contributed by atoms with Crippen molar-refractivity contribution in [1.82, 2.24) is 5.32 Å². The molecule has 0 saturated carbocycles. The third-order valence-electron chi connectivity index (χ3n) is 2.98. The number of aliphatic carboxylic acids is 1. The summed E-state index contributed by atoms with van der Waals surface area (Å²) in [5, 5.41) is 21.6. The molecule has 0 aliphatic heterocycles. The number of aryl methyl sites for hydroxylation is 1. The molecule has 0 spiro atoms. The molecule has 0 aliphatic carbocycles. The maximum atomic E-state index is 11.7. The molecule has 0 fully saturated rings. The van der Waals surface area contributed by atoms with Crippen molar-refractivity contribution in [3.63, 3.8) is 0 Å². The van der Waals surface area contributed by atoms with Crippen LogP contribution < -0.4 is 5.32 Å². The van der Waals surface area contributed by atoms with Crippen LogP contribution in [-0.2, 0) is 16.0 Å². The van der Waals surface area contributed by atoms with E-state index in [4.69, 9.17) is 4.74 Å². The fourth-order valence-electron chi connectivity index (χ4n) is 1.85. The molecular formula is C16H23NO5. The standard InChI is InChI=1S/C16H23NO5/c1-5-10-6-8-11(9-7-10)13(18)12(14(19)20)17-15(21)22-16(2,3)4/h6-9,12-13,18H,5H2,1-4H3,(H,17,21)(H,19,20)/t12-,13+/m1/s1. The van der Waals surface area contributed by atoms with E-state index < -0.39 is 29.8 Å². The summed E-state index contributed by atoms with van der Waals surface area (Å²) >= 11 is 0. The van der Waals surface area contributed by atoms with Crippen LogP contribution in [0, 0.1) is 0 Å². The second kappa shape index (κ2) is 7.26. The van der Waals surface area contributed by atoms with Crippen LogP contribution in [0.3, 0.4) is 0 Å². The van der Waals surface area contributed by atoms with Gasteiger partial charge in [-0.25, -0.2) is 9.59 Å². The lowest BCUT2D eigenvalue weighted by molar-refractivity contribution is -0.142. The van der Waals surface area contributed by atoms with Gasteiger partial charge in [-0.1, -0.05) is 31.2 Å². The number of aliphatic hydroxyl groups excluding tert-OH is 1. The number of carboxylic acids is 1. The largest absolute Gasteiger partial charge is 0.480 e. The number of amides is 1. The number of carbonyl (C=O) groups is 2. The van der Waals surface area contributed by atoms with Crippen LogP contribution in [0.1, 0.15) is 44.9 Å². The Morgan fingerprint density at radius 2 is 1.77 bits per heavy atom. The van der Waals surface area contributed by atoms with Gasteiger partial charge in [0.25, 0.3) is 0 Å². The van der Waals surface area contributed by atoms with Gasteiger partial charge in [0.15, 0.2) is 6.04 Å². The minimum absolute atomic E-state index is 0.417. The van der Waals surface area contributed by atoms with Crippen molar-refractivity contribution in [3.05, 3.63) is 35.4 Å². The van der Waals surface area contributed by atoms with E-state index in [1.54, 1.807) is 32.9 Å². The monoisotopic (exact) mass is 309 g/mol. The van der Waals surface area contributed by atoms with Gasteiger partial charge >= 0.3 is 12.1 Å². The highest BCUT2D eigenvalue weighted by molar-refractivity contribution is 5.80. The van der Waals surface area contributed by atoms with Crippen molar-refractivity contribution in [2.75, 3.05) is 0 Å². The average molecular weight is 309 g/mol. The van der Waals surface area contributed by atoms with E-state index in [9.17, 15) is 19.8 Å². The molecule has 0 saturated heterocycles. The van der Waals surface area contributed by atoms with Crippen molar-refractivity contribution in [2.45, 2.75) is 51.9 Å². The molecule has 1 aromatic carbocycles. The zero-order chi connectivity index (χ0) is 16.9. The molecule has 0 unspecified atom stereocenters. The summed E-state index contributed by atoms with van der Waals surface area (Å²) in [4.78, 5) is 23.0. The van der Waals surface area contributed by atoms with Gasteiger partial charge in [0.2, 0.25) is 0 Å². The van der Waals surface area contributed by atoms with E-state index in [0.29, 0.717) is 5.56 Å². The van der Waals surface area contributed by atoms with Crippen LogP contribution in [0.5, 0.6) is 0 Å². The lowest BCUT2D eigenvalue weighted by Gasteiger charge is -2.24. The topological polar surface area (TPSA) is 95.9 Å². The third-order valence-corrected chi connectivity index (χ3v) is 2.98. The molecular weight excluding hydrogens is 286 g/mol. The van der Waals surface area contributed by atoms with E-state index in [1.807, 2.05) is 19.1 Å². The number of carbonyl (C=O) groups excluding carboxylic acids is 1. The summed E-state index contributed by atoms with van der Waals surface area (Å²) in [6.07, 6.45) is -1.41. The Kier molecular flexibility index (Phi) is 5.93. The second-order valence-corrected chi connectivity index (χ2v) is 6.00. The minimum atomic E-state index is -1.48. The van der Waals surface area contributed by atoms with Crippen molar-refractivity contribution in [2.24, 2.45) is 0 Å². The maximum Gasteiger partial charge on any atom is 0.408 e. The Bertz CT molecular complexity index is 518. The Balaban J connectivity index is 2.85. The normalized spacial score (nSPS) is 14.0. The summed E-state index contributed by atoms with van der Waals surface area (Å²) in [6, 6.07) is 5.43. The molecule has 1 aromatic rings. The molecule has 0 radical (unpaired) electrons. The number of hydrogen-bond acceptors (Lipinski definition) is 4. The van der Waals surface area contributed by atoms with Gasteiger partial charge in [0.05, 0.1) is 0 Å². The molecule has 0 heterocycles. The smallest absolute Gasteiger partial charge is 0.408 e. The second-order valence-electron chi connectivity index (χ2n) is 6.00. The molecule has 3 N–H and O–H groups in total. The number of hydrogen-bond donors (Lipinski definition) is 3. The van der Waals surface area contributed by atoms with Crippen LogP contribution in [-0.4, -0.2) is 33.9 Å². The highest BCUT2D eigenvalue weighted by Crippen LogP contribution is 2.19. The zero-order valence-electron chi connectivity index (χ0n) is 13.3. The first-order valence-corrected chi connectivity index (χ1v) is 7.13. The number of nitrogens with one attached hydrogen (secondary N) is 1. The predicted octanol–water partition coefficient (Wildman–Crippen LogP) is 2.26. The Morgan fingerprint density at radius 1 is 1.23 bits per heavy atom. The quantitative estimate of drug-likeness (QED) is 0.775. The number of alkyl carbamates (subject to hydrolysis) is 1. The highest BCUT2D eigenvalue weighted by atomic mass is 16.6. The van der Waals surface area contributed by atoms with Crippen LogP contribution in [0.25, 0.3) is 0 Å². The minimum Gasteiger partial charge on any atom is -0.480 e. The summed E-state index contributed by atoms with van der Waals surface area (Å²) < 4.78 is 5.02. The molecule has 22 heavy (non-hydrogen) atoms.